The van der Waals surface area contributed by atoms with E-state index in [4.69, 9.17) is 11.8 Å². The van der Waals surface area contributed by atoms with Gasteiger partial charge in [-0.25, -0.2) is 6.57 Å². The average Bonchev–Trinajstić information content (AvgIpc) is 2.40. The van der Waals surface area contributed by atoms with Gasteiger partial charge in [-0.1, -0.05) is 12.1 Å². The van der Waals surface area contributed by atoms with Crippen LogP contribution in [0.5, 0.6) is 0 Å². The van der Waals surface area contributed by atoms with Crippen molar-refractivity contribution in [1.29, 1.82) is 5.26 Å². The highest BCUT2D eigenvalue weighted by atomic mass is 15.1. The smallest absolute Gasteiger partial charge is 0.227 e. The molecule has 2 rings (SSSR count). The van der Waals surface area contributed by atoms with E-state index in [2.05, 4.69) is 34.9 Å². The van der Waals surface area contributed by atoms with Gasteiger partial charge in [0.2, 0.25) is 6.04 Å². The molecule has 1 aromatic rings. The first kappa shape index (κ1) is 12.5. The van der Waals surface area contributed by atoms with Crippen molar-refractivity contribution >= 4 is 5.69 Å². The lowest BCUT2D eigenvalue weighted by Crippen LogP contribution is -2.35. The highest BCUT2D eigenvalue weighted by molar-refractivity contribution is 5.55. The average molecular weight is 239 g/mol. The van der Waals surface area contributed by atoms with Gasteiger partial charge in [-0.15, -0.1) is 0 Å². The first-order valence-electron chi connectivity index (χ1n) is 6.32. The molecule has 3 nitrogen and oxygen atoms in total. The Balaban J connectivity index is 2.11. The molecule has 0 aliphatic carbocycles. The van der Waals surface area contributed by atoms with Crippen LogP contribution in [0.4, 0.5) is 5.69 Å². The largest absolute Gasteiger partial charge is 0.371 e. The molecular formula is C15H17N3. The van der Waals surface area contributed by atoms with Crippen molar-refractivity contribution in [2.45, 2.75) is 32.2 Å². The maximum atomic E-state index is 8.70. The number of aryl methyl sites for hydroxylation is 1. The van der Waals surface area contributed by atoms with Crippen LogP contribution in [0.3, 0.4) is 0 Å². The van der Waals surface area contributed by atoms with Crippen LogP contribution in [0.1, 0.15) is 24.0 Å². The van der Waals surface area contributed by atoms with E-state index in [9.17, 15) is 0 Å². The van der Waals surface area contributed by atoms with Crippen molar-refractivity contribution in [2.24, 2.45) is 0 Å². The number of rotatable bonds is 2. The van der Waals surface area contributed by atoms with E-state index in [1.54, 1.807) is 0 Å². The van der Waals surface area contributed by atoms with Crippen LogP contribution < -0.4 is 4.90 Å². The van der Waals surface area contributed by atoms with Crippen molar-refractivity contribution in [2.75, 3.05) is 18.0 Å². The van der Waals surface area contributed by atoms with Gasteiger partial charge in [-0.2, -0.15) is 5.26 Å². The Morgan fingerprint density at radius 3 is 2.72 bits per heavy atom. The predicted octanol–water partition coefficient (Wildman–Crippen LogP) is 2.95. The van der Waals surface area contributed by atoms with Crippen molar-refractivity contribution < 1.29 is 0 Å². The molecule has 92 valence electrons. The number of piperidine rings is 1. The SMILES string of the molecule is [C-]#[N+]C1CCN(c2ccc(CC#N)cc2C)CC1. The lowest BCUT2D eigenvalue weighted by Gasteiger charge is -2.30. The molecule has 0 radical (unpaired) electrons. The van der Waals surface area contributed by atoms with Crippen molar-refractivity contribution in [1.82, 2.24) is 0 Å². The topological polar surface area (TPSA) is 31.4 Å². The molecule has 0 aromatic heterocycles. The minimum absolute atomic E-state index is 0.208. The summed E-state index contributed by atoms with van der Waals surface area (Å²) < 4.78 is 0. The normalized spacial score (nSPS) is 16.1. The number of anilines is 1. The first-order chi connectivity index (χ1) is 8.74. The Morgan fingerprint density at radius 1 is 1.44 bits per heavy atom. The van der Waals surface area contributed by atoms with Crippen LogP contribution in [-0.4, -0.2) is 19.1 Å². The standard InChI is InChI=1S/C15H17N3/c1-12-11-13(5-8-16)3-4-15(12)18-9-6-14(17-2)7-10-18/h3-4,11,14H,5-7,9-10H2,1H3. The fourth-order valence-corrected chi connectivity index (χ4v) is 2.51. The zero-order valence-electron chi connectivity index (χ0n) is 10.7. The minimum atomic E-state index is 0.208. The molecule has 0 amide bonds. The molecule has 0 bridgehead atoms. The van der Waals surface area contributed by atoms with E-state index in [1.165, 1.54) is 11.3 Å². The monoisotopic (exact) mass is 239 g/mol. The summed E-state index contributed by atoms with van der Waals surface area (Å²) in [6.45, 7) is 11.1. The fraction of sp³-hybridized carbons (Fsp3) is 0.467. The van der Waals surface area contributed by atoms with Gasteiger partial charge in [-0.05, 0) is 24.1 Å². The van der Waals surface area contributed by atoms with Crippen molar-refractivity contribution in [3.63, 3.8) is 0 Å². The molecule has 18 heavy (non-hydrogen) atoms. The van der Waals surface area contributed by atoms with Crippen LogP contribution in [0.2, 0.25) is 0 Å². The molecule has 1 aliphatic heterocycles. The second kappa shape index (κ2) is 5.56. The van der Waals surface area contributed by atoms with Crippen LogP contribution in [0.15, 0.2) is 18.2 Å². The Labute approximate surface area is 108 Å². The summed E-state index contributed by atoms with van der Waals surface area (Å²) in [4.78, 5) is 5.98. The van der Waals surface area contributed by atoms with Crippen LogP contribution in [0.25, 0.3) is 4.85 Å². The molecule has 1 fully saturated rings. The van der Waals surface area contributed by atoms with Gasteiger partial charge in [0.25, 0.3) is 0 Å². The zero-order valence-corrected chi connectivity index (χ0v) is 10.7. The molecule has 0 unspecified atom stereocenters. The Kier molecular flexibility index (Phi) is 3.85. The Morgan fingerprint density at radius 2 is 2.17 bits per heavy atom. The molecule has 1 heterocycles. The van der Waals surface area contributed by atoms with Gasteiger partial charge in [0, 0.05) is 31.6 Å². The number of nitriles is 1. The first-order valence-corrected chi connectivity index (χ1v) is 6.32. The third kappa shape index (κ3) is 2.63. The molecular weight excluding hydrogens is 222 g/mol. The molecule has 1 saturated heterocycles. The molecule has 1 aromatic carbocycles. The molecule has 0 N–H and O–H groups in total. The summed E-state index contributed by atoms with van der Waals surface area (Å²) in [7, 11) is 0. The van der Waals surface area contributed by atoms with E-state index >= 15 is 0 Å². The quantitative estimate of drug-likeness (QED) is 0.743. The van der Waals surface area contributed by atoms with E-state index < -0.39 is 0 Å². The maximum Gasteiger partial charge on any atom is 0.227 e. The van der Waals surface area contributed by atoms with E-state index in [1.807, 2.05) is 6.07 Å². The van der Waals surface area contributed by atoms with Crippen LogP contribution in [-0.2, 0) is 6.42 Å². The second-order valence-electron chi connectivity index (χ2n) is 4.80. The van der Waals surface area contributed by atoms with Gasteiger partial charge >= 0.3 is 0 Å². The molecule has 1 aliphatic rings. The predicted molar refractivity (Wildman–Crippen MR) is 72.3 cm³/mol. The summed E-state index contributed by atoms with van der Waals surface area (Å²) in [6, 6.07) is 8.63. The Hall–Kier alpha value is -2.00. The van der Waals surface area contributed by atoms with E-state index in [-0.39, 0.29) is 6.04 Å². The van der Waals surface area contributed by atoms with Crippen LogP contribution >= 0.6 is 0 Å². The fourth-order valence-electron chi connectivity index (χ4n) is 2.51. The van der Waals surface area contributed by atoms with E-state index in [0.29, 0.717) is 6.42 Å². The zero-order chi connectivity index (χ0) is 13.0. The van der Waals surface area contributed by atoms with Crippen molar-refractivity contribution in [3.8, 4) is 6.07 Å². The third-order valence-electron chi connectivity index (χ3n) is 3.53. The van der Waals surface area contributed by atoms with Gasteiger partial charge in [0.1, 0.15) is 0 Å². The summed E-state index contributed by atoms with van der Waals surface area (Å²) in [6.07, 6.45) is 2.40. The van der Waals surface area contributed by atoms with Crippen LogP contribution in [0, 0.1) is 24.8 Å². The molecule has 0 atom stereocenters. The maximum absolute atomic E-state index is 8.70. The summed E-state index contributed by atoms with van der Waals surface area (Å²) >= 11 is 0. The summed E-state index contributed by atoms with van der Waals surface area (Å²) in [5.41, 5.74) is 3.55. The van der Waals surface area contributed by atoms with Gasteiger partial charge < -0.3 is 9.74 Å². The summed E-state index contributed by atoms with van der Waals surface area (Å²) in [5, 5.41) is 8.70. The van der Waals surface area contributed by atoms with Gasteiger partial charge in [0.05, 0.1) is 12.5 Å². The lowest BCUT2D eigenvalue weighted by atomic mass is 10.0. The third-order valence-corrected chi connectivity index (χ3v) is 3.53. The molecule has 0 spiro atoms. The number of nitrogens with zero attached hydrogens (tertiary/aromatic N) is 3. The molecule has 0 saturated carbocycles. The van der Waals surface area contributed by atoms with Gasteiger partial charge in [-0.3, -0.25) is 0 Å². The lowest BCUT2D eigenvalue weighted by molar-refractivity contribution is 0.548. The van der Waals surface area contributed by atoms with Crippen molar-refractivity contribution in [3.05, 3.63) is 40.7 Å². The second-order valence-corrected chi connectivity index (χ2v) is 4.80. The number of hydrogen-bond donors (Lipinski definition) is 0. The minimum Gasteiger partial charge on any atom is -0.371 e. The Bertz CT molecular complexity index is 499. The number of hydrogen-bond acceptors (Lipinski definition) is 2. The van der Waals surface area contributed by atoms with Gasteiger partial charge in [0.15, 0.2) is 0 Å². The van der Waals surface area contributed by atoms with E-state index in [0.717, 1.165) is 31.5 Å². The molecule has 3 heteroatoms. The summed E-state index contributed by atoms with van der Waals surface area (Å²) in [5.74, 6) is 0. The highest BCUT2D eigenvalue weighted by Crippen LogP contribution is 2.25. The number of benzene rings is 1. The highest BCUT2D eigenvalue weighted by Gasteiger charge is 2.23.